The Labute approximate surface area is 272 Å². The van der Waals surface area contributed by atoms with Crippen molar-refractivity contribution in [3.63, 3.8) is 0 Å². The number of hydrogen-bond acceptors (Lipinski definition) is 2. The minimum atomic E-state index is -1.93. The summed E-state index contributed by atoms with van der Waals surface area (Å²) >= 11 is 0. The second kappa shape index (κ2) is 15.0. The van der Waals surface area contributed by atoms with Crippen LogP contribution in [0.5, 0.6) is 11.5 Å². The van der Waals surface area contributed by atoms with Crippen LogP contribution in [0.2, 0.25) is 0 Å². The first-order valence-electron chi connectivity index (χ1n) is 15.9. The van der Waals surface area contributed by atoms with Crippen LogP contribution < -0.4 is 25.4 Å². The van der Waals surface area contributed by atoms with Crippen LogP contribution in [0.3, 0.4) is 0 Å². The van der Waals surface area contributed by atoms with Crippen LogP contribution in [0.15, 0.2) is 158 Å². The van der Waals surface area contributed by atoms with Crippen LogP contribution >= 0.6 is 7.26 Å². The van der Waals surface area contributed by atoms with Crippen LogP contribution in [-0.2, 0) is 13.0 Å². The first kappa shape index (κ1) is 31.3. The van der Waals surface area contributed by atoms with Crippen molar-refractivity contribution in [1.82, 2.24) is 0 Å². The van der Waals surface area contributed by atoms with Gasteiger partial charge in [-0.25, -0.2) is 4.39 Å². The summed E-state index contributed by atoms with van der Waals surface area (Å²) in [5, 5.41) is 4.13. The van der Waals surface area contributed by atoms with Gasteiger partial charge in [-0.15, -0.1) is 0 Å². The van der Waals surface area contributed by atoms with Crippen molar-refractivity contribution in [2.24, 2.45) is 0 Å². The molecule has 0 atom stereocenters. The van der Waals surface area contributed by atoms with Crippen molar-refractivity contribution in [3.8, 4) is 22.6 Å². The van der Waals surface area contributed by atoms with Crippen LogP contribution in [0.4, 0.5) is 4.39 Å². The number of rotatable bonds is 13. The van der Waals surface area contributed by atoms with E-state index in [2.05, 4.69) is 116 Å². The standard InChI is InChI=1S/C42H39FO2P/c1-2-34-30-40(35-24-26-36(43)27-25-35)42(45-32-33-16-7-3-8-17-33)31-41(34)44-28-15-29-46(37-18-9-4-10-19-37,38-20-11-5-12-21-38)39-22-13-6-14-23-39/h3-14,16-27,30-31H,2,15,28-29,32H2,1H3/q+1. The Kier molecular flexibility index (Phi) is 10.2. The molecule has 0 radical (unpaired) electrons. The highest BCUT2D eigenvalue weighted by Crippen LogP contribution is 2.55. The van der Waals surface area contributed by atoms with Gasteiger partial charge in [0.05, 0.1) is 12.8 Å². The molecule has 0 heterocycles. The summed E-state index contributed by atoms with van der Waals surface area (Å²) in [6.07, 6.45) is 2.67. The molecule has 0 N–H and O–H groups in total. The molecule has 230 valence electrons. The molecule has 0 aromatic heterocycles. The second-order valence-corrected chi connectivity index (χ2v) is 14.9. The van der Waals surface area contributed by atoms with Crippen LogP contribution in [0, 0.1) is 5.82 Å². The van der Waals surface area contributed by atoms with Gasteiger partial charge in [-0.2, -0.15) is 0 Å². The topological polar surface area (TPSA) is 18.5 Å². The largest absolute Gasteiger partial charge is 0.493 e. The molecule has 0 spiro atoms. The van der Waals surface area contributed by atoms with E-state index in [1.54, 1.807) is 12.1 Å². The monoisotopic (exact) mass is 625 g/mol. The predicted molar refractivity (Wildman–Crippen MR) is 192 cm³/mol. The van der Waals surface area contributed by atoms with Gasteiger partial charge in [-0.1, -0.05) is 104 Å². The smallest absolute Gasteiger partial charge is 0.131 e. The van der Waals surface area contributed by atoms with Gasteiger partial charge in [0.2, 0.25) is 0 Å². The lowest BCUT2D eigenvalue weighted by atomic mass is 10.00. The van der Waals surface area contributed by atoms with Crippen molar-refractivity contribution in [2.45, 2.75) is 26.4 Å². The molecule has 6 aromatic carbocycles. The molecule has 6 rings (SSSR count). The normalized spacial score (nSPS) is 11.3. The molecule has 0 aliphatic rings. The van der Waals surface area contributed by atoms with Gasteiger partial charge in [0.15, 0.2) is 0 Å². The first-order chi connectivity index (χ1) is 22.7. The van der Waals surface area contributed by atoms with Gasteiger partial charge in [0, 0.05) is 18.1 Å². The predicted octanol–water partition coefficient (Wildman–Crippen LogP) is 9.40. The van der Waals surface area contributed by atoms with E-state index in [9.17, 15) is 4.39 Å². The molecule has 0 saturated carbocycles. The van der Waals surface area contributed by atoms with Crippen LogP contribution in [0.25, 0.3) is 11.1 Å². The fourth-order valence-corrected chi connectivity index (χ4v) is 10.4. The molecule has 0 unspecified atom stereocenters. The van der Waals surface area contributed by atoms with E-state index >= 15 is 0 Å². The van der Waals surface area contributed by atoms with E-state index in [4.69, 9.17) is 9.47 Å². The van der Waals surface area contributed by atoms with Crippen molar-refractivity contribution < 1.29 is 13.9 Å². The molecule has 2 nitrogen and oxygen atoms in total. The van der Waals surface area contributed by atoms with Crippen molar-refractivity contribution in [3.05, 3.63) is 175 Å². The van der Waals surface area contributed by atoms with E-state index in [0.29, 0.717) is 13.2 Å². The third-order valence-electron chi connectivity index (χ3n) is 8.42. The molecule has 0 bridgehead atoms. The van der Waals surface area contributed by atoms with Crippen molar-refractivity contribution in [2.75, 3.05) is 12.8 Å². The number of ether oxygens (including phenoxy) is 2. The summed E-state index contributed by atoms with van der Waals surface area (Å²) in [7, 11) is -1.93. The van der Waals surface area contributed by atoms with E-state index in [1.807, 2.05) is 24.3 Å². The Hall–Kier alpha value is -4.72. The number of aryl methyl sites for hydroxylation is 1. The molecule has 0 fully saturated rings. The Bertz CT molecular complexity index is 1710. The summed E-state index contributed by atoms with van der Waals surface area (Å²) in [6.45, 7) is 3.14. The maximum absolute atomic E-state index is 13.8. The summed E-state index contributed by atoms with van der Waals surface area (Å²) < 4.78 is 26.8. The average Bonchev–Trinajstić information content (AvgIpc) is 3.13. The van der Waals surface area contributed by atoms with E-state index in [1.165, 1.54) is 28.0 Å². The molecule has 46 heavy (non-hydrogen) atoms. The average molecular weight is 626 g/mol. The lowest BCUT2D eigenvalue weighted by molar-refractivity contribution is 0.294. The SMILES string of the molecule is CCc1cc(-c2ccc(F)cc2)c(OCc2ccccc2)cc1OCCC[P+](c1ccccc1)(c1ccccc1)c1ccccc1. The molecule has 0 aliphatic heterocycles. The highest BCUT2D eigenvalue weighted by Gasteiger charge is 2.44. The van der Waals surface area contributed by atoms with E-state index in [-0.39, 0.29) is 5.82 Å². The molecular formula is C42H39FO2P+. The highest BCUT2D eigenvalue weighted by molar-refractivity contribution is 7.95. The Morgan fingerprint density at radius 1 is 0.565 bits per heavy atom. The zero-order valence-electron chi connectivity index (χ0n) is 26.2. The van der Waals surface area contributed by atoms with Gasteiger partial charge >= 0.3 is 0 Å². The third kappa shape index (κ3) is 7.06. The molecule has 4 heteroatoms. The van der Waals surface area contributed by atoms with Gasteiger partial charge in [-0.05, 0) is 77.7 Å². The highest BCUT2D eigenvalue weighted by atomic mass is 31.2. The van der Waals surface area contributed by atoms with Gasteiger partial charge in [0.1, 0.15) is 47.1 Å². The first-order valence-corrected chi connectivity index (χ1v) is 17.9. The zero-order valence-corrected chi connectivity index (χ0v) is 27.1. The van der Waals surface area contributed by atoms with E-state index < -0.39 is 7.26 Å². The quantitative estimate of drug-likeness (QED) is 0.0941. The minimum Gasteiger partial charge on any atom is -0.493 e. The van der Waals surface area contributed by atoms with Crippen molar-refractivity contribution >= 4 is 23.2 Å². The van der Waals surface area contributed by atoms with Crippen LogP contribution in [0.1, 0.15) is 24.5 Å². The maximum Gasteiger partial charge on any atom is 0.131 e. The fraction of sp³-hybridized carbons (Fsp3) is 0.143. The lowest BCUT2D eigenvalue weighted by Crippen LogP contribution is -2.33. The third-order valence-corrected chi connectivity index (χ3v) is 12.9. The minimum absolute atomic E-state index is 0.258. The lowest BCUT2D eigenvalue weighted by Gasteiger charge is -2.27. The summed E-state index contributed by atoms with van der Waals surface area (Å²) in [6, 6.07) is 53.8. The Morgan fingerprint density at radius 2 is 1.09 bits per heavy atom. The zero-order chi connectivity index (χ0) is 31.6. The molecule has 6 aromatic rings. The number of hydrogen-bond donors (Lipinski definition) is 0. The summed E-state index contributed by atoms with van der Waals surface area (Å²) in [5.41, 5.74) is 4.02. The van der Waals surface area contributed by atoms with Gasteiger partial charge in [-0.3, -0.25) is 0 Å². The molecule has 0 amide bonds. The van der Waals surface area contributed by atoms with Crippen LogP contribution in [-0.4, -0.2) is 12.8 Å². The summed E-state index contributed by atoms with van der Waals surface area (Å²) in [4.78, 5) is 0. The summed E-state index contributed by atoms with van der Waals surface area (Å²) in [5.74, 6) is 1.30. The Morgan fingerprint density at radius 3 is 1.61 bits per heavy atom. The van der Waals surface area contributed by atoms with Gasteiger partial charge in [0.25, 0.3) is 0 Å². The molecule has 0 saturated heterocycles. The fourth-order valence-electron chi connectivity index (χ4n) is 6.09. The maximum atomic E-state index is 13.8. The Balaban J connectivity index is 1.29. The second-order valence-electron chi connectivity index (χ2n) is 11.3. The van der Waals surface area contributed by atoms with Gasteiger partial charge < -0.3 is 9.47 Å². The number of benzene rings is 6. The molecule has 0 aliphatic carbocycles. The van der Waals surface area contributed by atoms with Crippen molar-refractivity contribution in [1.29, 1.82) is 0 Å². The molecular weight excluding hydrogens is 586 g/mol. The number of halogens is 1. The van der Waals surface area contributed by atoms with E-state index in [0.717, 1.165) is 52.8 Å².